The van der Waals surface area contributed by atoms with Crippen molar-refractivity contribution in [2.45, 2.75) is 45.7 Å². The smallest absolute Gasteiger partial charge is 0.221 e. The normalized spacial score (nSPS) is 13.8. The van der Waals surface area contributed by atoms with Crippen molar-refractivity contribution in [1.29, 1.82) is 0 Å². The van der Waals surface area contributed by atoms with Gasteiger partial charge in [-0.25, -0.2) is 0 Å². The van der Waals surface area contributed by atoms with Crippen molar-refractivity contribution < 1.29 is 4.79 Å². The monoisotopic (exact) mass is 275 g/mol. The first-order chi connectivity index (χ1) is 9.66. The summed E-state index contributed by atoms with van der Waals surface area (Å²) in [6.07, 6.45) is 2.90. The standard InChI is InChI=1S/C16H25N3O/c1-12(2)19-15(20)8-10-17-11-14-6-3-5-13-7-4-9-18-16(13)14/h3,5-6,12,17-18H,4,7-11H2,1-2H3,(H,19,20). The van der Waals surface area contributed by atoms with E-state index in [4.69, 9.17) is 0 Å². The molecule has 0 aromatic heterocycles. The van der Waals surface area contributed by atoms with Crippen LogP contribution >= 0.6 is 0 Å². The van der Waals surface area contributed by atoms with E-state index in [0.29, 0.717) is 13.0 Å². The molecule has 4 nitrogen and oxygen atoms in total. The molecule has 0 fully saturated rings. The molecule has 0 spiro atoms. The molecule has 110 valence electrons. The van der Waals surface area contributed by atoms with Crippen LogP contribution in [0.25, 0.3) is 0 Å². The van der Waals surface area contributed by atoms with Gasteiger partial charge < -0.3 is 16.0 Å². The van der Waals surface area contributed by atoms with E-state index in [1.54, 1.807) is 0 Å². The Labute approximate surface area is 121 Å². The van der Waals surface area contributed by atoms with E-state index in [1.807, 2.05) is 13.8 Å². The van der Waals surface area contributed by atoms with E-state index in [-0.39, 0.29) is 11.9 Å². The number of anilines is 1. The van der Waals surface area contributed by atoms with Crippen molar-refractivity contribution in [3.63, 3.8) is 0 Å². The first-order valence-corrected chi connectivity index (χ1v) is 7.51. The third kappa shape index (κ3) is 4.23. The lowest BCUT2D eigenvalue weighted by atomic mass is 9.99. The molecule has 0 unspecified atom stereocenters. The van der Waals surface area contributed by atoms with Gasteiger partial charge in [-0.1, -0.05) is 18.2 Å². The quantitative estimate of drug-likeness (QED) is 0.697. The Kier molecular flexibility index (Phi) is 5.41. The maximum Gasteiger partial charge on any atom is 0.221 e. The van der Waals surface area contributed by atoms with Crippen LogP contribution in [0.3, 0.4) is 0 Å². The molecule has 1 aromatic rings. The molecular formula is C16H25N3O. The minimum atomic E-state index is 0.112. The van der Waals surface area contributed by atoms with Crippen LogP contribution in [0.5, 0.6) is 0 Å². The lowest BCUT2D eigenvalue weighted by Gasteiger charge is -2.21. The summed E-state index contributed by atoms with van der Waals surface area (Å²) in [4.78, 5) is 11.5. The predicted molar refractivity (Wildman–Crippen MR) is 82.9 cm³/mol. The van der Waals surface area contributed by atoms with Gasteiger partial charge in [-0.2, -0.15) is 0 Å². The Morgan fingerprint density at radius 2 is 2.25 bits per heavy atom. The molecule has 1 heterocycles. The lowest BCUT2D eigenvalue weighted by molar-refractivity contribution is -0.121. The van der Waals surface area contributed by atoms with Gasteiger partial charge >= 0.3 is 0 Å². The molecule has 1 aliphatic heterocycles. The number of fused-ring (bicyclic) bond motifs is 1. The molecule has 0 saturated heterocycles. The zero-order valence-electron chi connectivity index (χ0n) is 12.5. The zero-order chi connectivity index (χ0) is 14.4. The van der Waals surface area contributed by atoms with Crippen molar-refractivity contribution in [3.05, 3.63) is 29.3 Å². The highest BCUT2D eigenvalue weighted by molar-refractivity contribution is 5.76. The fourth-order valence-corrected chi connectivity index (χ4v) is 2.55. The second-order valence-electron chi connectivity index (χ2n) is 5.63. The number of hydrogen-bond donors (Lipinski definition) is 3. The lowest BCUT2D eigenvalue weighted by Crippen LogP contribution is -2.32. The second kappa shape index (κ2) is 7.29. The predicted octanol–water partition coefficient (Wildman–Crippen LogP) is 2.05. The van der Waals surface area contributed by atoms with Crippen molar-refractivity contribution >= 4 is 11.6 Å². The summed E-state index contributed by atoms with van der Waals surface area (Å²) < 4.78 is 0. The Morgan fingerprint density at radius 1 is 1.40 bits per heavy atom. The van der Waals surface area contributed by atoms with Gasteiger partial charge in [0.2, 0.25) is 5.91 Å². The van der Waals surface area contributed by atoms with Gasteiger partial charge in [-0.05, 0) is 37.8 Å². The van der Waals surface area contributed by atoms with Crippen LogP contribution in [0.1, 0.15) is 37.8 Å². The van der Waals surface area contributed by atoms with Crippen LogP contribution < -0.4 is 16.0 Å². The summed E-state index contributed by atoms with van der Waals surface area (Å²) in [5.74, 6) is 0.112. The number of rotatable bonds is 6. The maximum atomic E-state index is 11.5. The molecule has 1 aliphatic rings. The summed E-state index contributed by atoms with van der Waals surface area (Å²) >= 11 is 0. The molecule has 0 saturated carbocycles. The van der Waals surface area contributed by atoms with Crippen molar-refractivity contribution in [2.24, 2.45) is 0 Å². The summed E-state index contributed by atoms with van der Waals surface area (Å²) in [6.45, 7) is 6.54. The second-order valence-corrected chi connectivity index (χ2v) is 5.63. The van der Waals surface area contributed by atoms with Crippen LogP contribution in [-0.2, 0) is 17.8 Å². The Balaban J connectivity index is 1.79. The van der Waals surface area contributed by atoms with E-state index in [1.165, 1.54) is 23.2 Å². The van der Waals surface area contributed by atoms with E-state index in [2.05, 4.69) is 34.1 Å². The number of para-hydroxylation sites is 1. The number of benzene rings is 1. The molecule has 2 rings (SSSR count). The number of hydrogen-bond acceptors (Lipinski definition) is 3. The van der Waals surface area contributed by atoms with Crippen LogP contribution in [0.2, 0.25) is 0 Å². The highest BCUT2D eigenvalue weighted by Gasteiger charge is 2.11. The maximum absolute atomic E-state index is 11.5. The summed E-state index contributed by atoms with van der Waals surface area (Å²) in [7, 11) is 0. The topological polar surface area (TPSA) is 53.2 Å². The fraction of sp³-hybridized carbons (Fsp3) is 0.562. The highest BCUT2D eigenvalue weighted by atomic mass is 16.1. The van der Waals surface area contributed by atoms with Gasteiger partial charge in [0, 0.05) is 37.8 Å². The molecule has 0 aliphatic carbocycles. The first kappa shape index (κ1) is 14.9. The molecule has 0 radical (unpaired) electrons. The van der Waals surface area contributed by atoms with Crippen molar-refractivity contribution in [1.82, 2.24) is 10.6 Å². The summed E-state index contributed by atoms with van der Waals surface area (Å²) in [5.41, 5.74) is 4.00. The van der Waals surface area contributed by atoms with Gasteiger partial charge in [0.1, 0.15) is 0 Å². The molecule has 1 amide bonds. The third-order valence-corrected chi connectivity index (χ3v) is 3.46. The number of carbonyl (C=O) groups is 1. The van der Waals surface area contributed by atoms with Crippen molar-refractivity contribution in [2.75, 3.05) is 18.4 Å². The average Bonchev–Trinajstić information content (AvgIpc) is 2.43. The molecular weight excluding hydrogens is 250 g/mol. The minimum Gasteiger partial charge on any atom is -0.385 e. The molecule has 1 aromatic carbocycles. The van der Waals surface area contributed by atoms with E-state index < -0.39 is 0 Å². The molecule has 0 bridgehead atoms. The van der Waals surface area contributed by atoms with E-state index >= 15 is 0 Å². The SMILES string of the molecule is CC(C)NC(=O)CCNCc1cccc2c1NCCC2. The summed E-state index contributed by atoms with van der Waals surface area (Å²) in [5, 5.41) is 9.74. The number of nitrogens with one attached hydrogen (secondary N) is 3. The van der Waals surface area contributed by atoms with Crippen LogP contribution in [0, 0.1) is 0 Å². The van der Waals surface area contributed by atoms with E-state index in [0.717, 1.165) is 19.5 Å². The van der Waals surface area contributed by atoms with E-state index in [9.17, 15) is 4.79 Å². The number of carbonyl (C=O) groups excluding carboxylic acids is 1. The Morgan fingerprint density at radius 3 is 3.05 bits per heavy atom. The zero-order valence-corrected chi connectivity index (χ0v) is 12.5. The molecule has 20 heavy (non-hydrogen) atoms. The Bertz CT molecular complexity index is 457. The highest BCUT2D eigenvalue weighted by Crippen LogP contribution is 2.25. The van der Waals surface area contributed by atoms with Crippen molar-refractivity contribution in [3.8, 4) is 0 Å². The average molecular weight is 275 g/mol. The van der Waals surface area contributed by atoms with Crippen LogP contribution in [0.4, 0.5) is 5.69 Å². The molecule has 4 heteroatoms. The fourth-order valence-electron chi connectivity index (χ4n) is 2.55. The van der Waals surface area contributed by atoms with Gasteiger partial charge in [0.15, 0.2) is 0 Å². The summed E-state index contributed by atoms with van der Waals surface area (Å²) in [6, 6.07) is 6.68. The van der Waals surface area contributed by atoms with Crippen LogP contribution in [-0.4, -0.2) is 25.0 Å². The Hall–Kier alpha value is -1.55. The van der Waals surface area contributed by atoms with Gasteiger partial charge in [0.05, 0.1) is 0 Å². The number of aryl methyl sites for hydroxylation is 1. The van der Waals surface area contributed by atoms with Gasteiger partial charge in [-0.15, -0.1) is 0 Å². The largest absolute Gasteiger partial charge is 0.385 e. The minimum absolute atomic E-state index is 0.112. The third-order valence-electron chi connectivity index (χ3n) is 3.46. The van der Waals surface area contributed by atoms with Gasteiger partial charge in [-0.3, -0.25) is 4.79 Å². The number of amides is 1. The van der Waals surface area contributed by atoms with Gasteiger partial charge in [0.25, 0.3) is 0 Å². The van der Waals surface area contributed by atoms with Crippen LogP contribution in [0.15, 0.2) is 18.2 Å². The molecule has 0 atom stereocenters. The first-order valence-electron chi connectivity index (χ1n) is 7.51. The molecule has 3 N–H and O–H groups in total.